The number of hydrogen-bond donors (Lipinski definition) is 1. The van der Waals surface area contributed by atoms with E-state index in [-0.39, 0.29) is 0 Å². The van der Waals surface area contributed by atoms with E-state index in [1.165, 1.54) is 39.1 Å². The molecular weight excluding hydrogens is 318 g/mol. The van der Waals surface area contributed by atoms with Gasteiger partial charge in [0.15, 0.2) is 0 Å². The number of thiophene rings is 1. The Bertz CT molecular complexity index is 563. The quantitative estimate of drug-likeness (QED) is 0.865. The Hall–Kier alpha value is -0.640. The van der Waals surface area contributed by atoms with Gasteiger partial charge < -0.3 is 5.32 Å². The van der Waals surface area contributed by atoms with Gasteiger partial charge in [0.1, 0.15) is 0 Å². The van der Waals surface area contributed by atoms with Crippen LogP contribution in [0.15, 0.2) is 40.2 Å². The van der Waals surface area contributed by atoms with Gasteiger partial charge in [-0.3, -0.25) is 0 Å². The molecular formula is C16H18BrNS. The smallest absolute Gasteiger partial charge is 0.0701 e. The van der Waals surface area contributed by atoms with Crippen molar-refractivity contribution in [3.8, 4) is 0 Å². The molecule has 19 heavy (non-hydrogen) atoms. The average molecular weight is 336 g/mol. The molecule has 0 saturated heterocycles. The first-order valence-electron chi connectivity index (χ1n) is 6.77. The summed E-state index contributed by atoms with van der Waals surface area (Å²) >= 11 is 5.42. The van der Waals surface area contributed by atoms with E-state index in [9.17, 15) is 0 Å². The normalized spacial score (nSPS) is 22.2. The first kappa shape index (κ1) is 13.3. The van der Waals surface area contributed by atoms with E-state index in [4.69, 9.17) is 0 Å². The Morgan fingerprint density at radius 1 is 1.26 bits per heavy atom. The van der Waals surface area contributed by atoms with Crippen LogP contribution in [0.2, 0.25) is 0 Å². The van der Waals surface area contributed by atoms with Gasteiger partial charge in [0.2, 0.25) is 0 Å². The first-order chi connectivity index (χ1) is 9.28. The second-order valence-electron chi connectivity index (χ2n) is 5.17. The van der Waals surface area contributed by atoms with Crippen molar-refractivity contribution in [1.29, 1.82) is 0 Å². The van der Waals surface area contributed by atoms with Crippen LogP contribution in [0.5, 0.6) is 0 Å². The zero-order valence-electron chi connectivity index (χ0n) is 11.0. The number of fused-ring (bicyclic) bond motifs is 1. The number of hydrogen-bond acceptors (Lipinski definition) is 2. The van der Waals surface area contributed by atoms with Crippen molar-refractivity contribution in [2.45, 2.75) is 25.3 Å². The van der Waals surface area contributed by atoms with Crippen LogP contribution in [0.25, 0.3) is 0 Å². The topological polar surface area (TPSA) is 12.0 Å². The Labute approximate surface area is 127 Å². The van der Waals surface area contributed by atoms with E-state index in [0.717, 1.165) is 0 Å². The number of benzene rings is 1. The van der Waals surface area contributed by atoms with Crippen molar-refractivity contribution in [2.24, 2.45) is 5.92 Å². The number of rotatable bonds is 3. The highest BCUT2D eigenvalue weighted by molar-refractivity contribution is 9.11. The molecule has 100 valence electrons. The molecule has 1 heterocycles. The molecule has 0 saturated carbocycles. The molecule has 2 atom stereocenters. The fourth-order valence-electron chi connectivity index (χ4n) is 3.16. The fraction of sp³-hybridized carbons (Fsp3) is 0.375. The zero-order chi connectivity index (χ0) is 13.2. The average Bonchev–Trinajstić information content (AvgIpc) is 2.84. The van der Waals surface area contributed by atoms with Gasteiger partial charge in [-0.2, -0.15) is 0 Å². The van der Waals surface area contributed by atoms with Gasteiger partial charge in [-0.05, 0) is 71.4 Å². The summed E-state index contributed by atoms with van der Waals surface area (Å²) in [5.41, 5.74) is 3.02. The summed E-state index contributed by atoms with van der Waals surface area (Å²) in [4.78, 5) is 1.48. The summed E-state index contributed by atoms with van der Waals surface area (Å²) in [5, 5.41) is 3.53. The first-order valence-corrected chi connectivity index (χ1v) is 8.38. The van der Waals surface area contributed by atoms with Gasteiger partial charge in [0, 0.05) is 10.9 Å². The molecule has 0 amide bonds. The van der Waals surface area contributed by atoms with E-state index in [0.29, 0.717) is 12.0 Å². The molecule has 1 N–H and O–H groups in total. The SMILES string of the molecule is CNC1c2ccccc2CCC1Cc1ccc(Br)s1. The molecule has 3 heteroatoms. The predicted octanol–water partition coefficient (Wildman–Crippen LogP) is 4.58. The Morgan fingerprint density at radius 2 is 2.11 bits per heavy atom. The van der Waals surface area contributed by atoms with Crippen molar-refractivity contribution < 1.29 is 0 Å². The van der Waals surface area contributed by atoms with Crippen molar-refractivity contribution in [3.63, 3.8) is 0 Å². The van der Waals surface area contributed by atoms with Crippen LogP contribution in [0.4, 0.5) is 0 Å². The van der Waals surface area contributed by atoms with Crippen molar-refractivity contribution in [2.75, 3.05) is 7.05 Å². The molecule has 1 aliphatic carbocycles. The highest BCUT2D eigenvalue weighted by Crippen LogP contribution is 2.37. The van der Waals surface area contributed by atoms with Gasteiger partial charge in [-0.15, -0.1) is 11.3 Å². The predicted molar refractivity (Wildman–Crippen MR) is 85.8 cm³/mol. The van der Waals surface area contributed by atoms with E-state index in [2.05, 4.69) is 64.7 Å². The minimum absolute atomic E-state index is 0.492. The van der Waals surface area contributed by atoms with E-state index in [1.54, 1.807) is 0 Å². The molecule has 1 aliphatic rings. The van der Waals surface area contributed by atoms with Crippen LogP contribution in [0.3, 0.4) is 0 Å². The zero-order valence-corrected chi connectivity index (χ0v) is 13.4. The molecule has 3 rings (SSSR count). The van der Waals surface area contributed by atoms with E-state index < -0.39 is 0 Å². The molecule has 0 aliphatic heterocycles. The highest BCUT2D eigenvalue weighted by Gasteiger charge is 2.28. The molecule has 0 radical (unpaired) electrons. The molecule has 2 aromatic rings. The van der Waals surface area contributed by atoms with Crippen molar-refractivity contribution in [3.05, 3.63) is 56.2 Å². The summed E-state index contributed by atoms with van der Waals surface area (Å²) in [6, 6.07) is 13.8. The van der Waals surface area contributed by atoms with Crippen LogP contribution >= 0.6 is 27.3 Å². The number of halogens is 1. The summed E-state index contributed by atoms with van der Waals surface area (Å²) in [6.45, 7) is 0. The third kappa shape index (κ3) is 2.78. The lowest BCUT2D eigenvalue weighted by Gasteiger charge is -2.33. The lowest BCUT2D eigenvalue weighted by Crippen LogP contribution is -2.31. The maximum absolute atomic E-state index is 3.56. The molecule has 1 aromatic heterocycles. The molecule has 1 nitrogen and oxygen atoms in total. The Balaban J connectivity index is 1.84. The van der Waals surface area contributed by atoms with Crippen LogP contribution in [-0.2, 0) is 12.8 Å². The van der Waals surface area contributed by atoms with Crippen LogP contribution in [0.1, 0.15) is 28.5 Å². The molecule has 0 spiro atoms. The second kappa shape index (κ2) is 5.78. The second-order valence-corrected chi connectivity index (χ2v) is 7.72. The van der Waals surface area contributed by atoms with Crippen molar-refractivity contribution in [1.82, 2.24) is 5.32 Å². The largest absolute Gasteiger partial charge is 0.313 e. The minimum atomic E-state index is 0.492. The van der Waals surface area contributed by atoms with E-state index in [1.807, 2.05) is 11.3 Å². The van der Waals surface area contributed by atoms with Crippen LogP contribution < -0.4 is 5.32 Å². The molecule has 2 unspecified atom stereocenters. The monoisotopic (exact) mass is 335 g/mol. The summed E-state index contributed by atoms with van der Waals surface area (Å²) < 4.78 is 1.24. The van der Waals surface area contributed by atoms with Crippen molar-refractivity contribution >= 4 is 27.3 Å². The standard InChI is InChI=1S/C16H18BrNS/c1-18-16-12(10-13-8-9-15(17)19-13)7-6-11-4-2-3-5-14(11)16/h2-5,8-9,12,16,18H,6-7,10H2,1H3. The molecule has 1 aromatic carbocycles. The summed E-state index contributed by atoms with van der Waals surface area (Å²) in [6.07, 6.45) is 3.67. The van der Waals surface area contributed by atoms with Gasteiger partial charge in [-0.1, -0.05) is 24.3 Å². The molecule has 0 fully saturated rings. The third-order valence-electron chi connectivity index (χ3n) is 4.05. The van der Waals surface area contributed by atoms with Gasteiger partial charge in [-0.25, -0.2) is 0 Å². The number of nitrogens with one attached hydrogen (secondary N) is 1. The summed E-state index contributed by atoms with van der Waals surface area (Å²) in [5.74, 6) is 0.699. The van der Waals surface area contributed by atoms with Crippen LogP contribution in [-0.4, -0.2) is 7.05 Å². The maximum atomic E-state index is 3.56. The highest BCUT2D eigenvalue weighted by atomic mass is 79.9. The van der Waals surface area contributed by atoms with Gasteiger partial charge in [0.25, 0.3) is 0 Å². The van der Waals surface area contributed by atoms with Crippen LogP contribution in [0, 0.1) is 5.92 Å². The number of aryl methyl sites for hydroxylation is 1. The van der Waals surface area contributed by atoms with Gasteiger partial charge >= 0.3 is 0 Å². The van der Waals surface area contributed by atoms with E-state index >= 15 is 0 Å². The fourth-order valence-corrected chi connectivity index (χ4v) is 4.73. The molecule has 0 bridgehead atoms. The third-order valence-corrected chi connectivity index (χ3v) is 5.70. The maximum Gasteiger partial charge on any atom is 0.0701 e. The summed E-state index contributed by atoms with van der Waals surface area (Å²) in [7, 11) is 2.09. The lowest BCUT2D eigenvalue weighted by atomic mass is 9.78. The van der Waals surface area contributed by atoms with Gasteiger partial charge in [0.05, 0.1) is 3.79 Å². The Kier molecular flexibility index (Phi) is 4.06. The Morgan fingerprint density at radius 3 is 2.84 bits per heavy atom. The lowest BCUT2D eigenvalue weighted by molar-refractivity contribution is 0.336. The minimum Gasteiger partial charge on any atom is -0.313 e.